The Kier molecular flexibility index (Phi) is 7.76. The van der Waals surface area contributed by atoms with Crippen LogP contribution in [0.3, 0.4) is 0 Å². The highest BCUT2D eigenvalue weighted by Gasteiger charge is 2.28. The van der Waals surface area contributed by atoms with Crippen molar-refractivity contribution in [3.63, 3.8) is 0 Å². The summed E-state index contributed by atoms with van der Waals surface area (Å²) in [6, 6.07) is 21.0. The number of carbonyl (C=O) groups is 1. The first-order valence-corrected chi connectivity index (χ1v) is 12.2. The van der Waals surface area contributed by atoms with Gasteiger partial charge in [-0.05, 0) is 69.2 Å². The second-order valence-corrected chi connectivity index (χ2v) is 10.1. The number of amides is 1. The van der Waals surface area contributed by atoms with Crippen molar-refractivity contribution >= 4 is 21.6 Å². The van der Waals surface area contributed by atoms with E-state index in [1.807, 2.05) is 64.1 Å². The van der Waals surface area contributed by atoms with Gasteiger partial charge in [-0.3, -0.25) is 9.10 Å². The molecule has 6 nitrogen and oxygen atoms in total. The van der Waals surface area contributed by atoms with Crippen LogP contribution >= 0.6 is 0 Å². The van der Waals surface area contributed by atoms with Crippen molar-refractivity contribution in [2.24, 2.45) is 0 Å². The summed E-state index contributed by atoms with van der Waals surface area (Å²) in [4.78, 5) is 13.0. The molecule has 3 rings (SSSR count). The molecule has 33 heavy (non-hydrogen) atoms. The van der Waals surface area contributed by atoms with Gasteiger partial charge in [0.15, 0.2) is 0 Å². The van der Waals surface area contributed by atoms with Crippen LogP contribution in [0.5, 0.6) is 5.75 Å². The fourth-order valence-electron chi connectivity index (χ4n) is 3.36. The van der Waals surface area contributed by atoms with Crippen molar-refractivity contribution in [3.8, 4) is 5.75 Å². The van der Waals surface area contributed by atoms with Crippen LogP contribution in [0.25, 0.3) is 0 Å². The Morgan fingerprint density at radius 2 is 1.58 bits per heavy atom. The number of rotatable bonds is 9. The highest BCUT2D eigenvalue weighted by atomic mass is 32.2. The molecule has 3 aromatic rings. The molecule has 0 heterocycles. The summed E-state index contributed by atoms with van der Waals surface area (Å²) in [7, 11) is -3.94. The van der Waals surface area contributed by atoms with E-state index in [0.717, 1.165) is 16.7 Å². The van der Waals surface area contributed by atoms with Crippen molar-refractivity contribution in [1.29, 1.82) is 0 Å². The van der Waals surface area contributed by atoms with Gasteiger partial charge < -0.3 is 10.1 Å². The Hall–Kier alpha value is -3.32. The van der Waals surface area contributed by atoms with Gasteiger partial charge in [-0.2, -0.15) is 0 Å². The molecular weight excluding hydrogens is 436 g/mol. The quantitative estimate of drug-likeness (QED) is 0.507. The normalized spacial score (nSPS) is 12.1. The minimum absolute atomic E-state index is 0.134. The molecule has 0 saturated heterocycles. The number of anilines is 1. The summed E-state index contributed by atoms with van der Waals surface area (Å²) in [6.07, 6.45) is 0. The van der Waals surface area contributed by atoms with Crippen molar-refractivity contribution < 1.29 is 17.9 Å². The molecule has 0 fully saturated rings. The number of nitrogens with zero attached hydrogens (tertiary/aromatic N) is 1. The molecule has 1 N–H and O–H groups in total. The number of aryl methyl sites for hydroxylation is 3. The number of ether oxygens (including phenoxy) is 1. The van der Waals surface area contributed by atoms with Crippen LogP contribution in [0.4, 0.5) is 5.69 Å². The standard InChI is InChI=1S/C26H30N2O4S/c1-19-11-14-23(15-12-19)32-18-22(4)27-26(29)17-28(25-16-20(2)10-13-21(25)3)33(30,31)24-8-6-5-7-9-24/h5-16,22H,17-18H2,1-4H3,(H,27,29). The molecule has 1 amide bonds. The fourth-order valence-corrected chi connectivity index (χ4v) is 4.85. The van der Waals surface area contributed by atoms with Crippen LogP contribution in [0.15, 0.2) is 77.7 Å². The van der Waals surface area contributed by atoms with E-state index in [-0.39, 0.29) is 24.1 Å². The van der Waals surface area contributed by atoms with E-state index in [4.69, 9.17) is 4.74 Å². The van der Waals surface area contributed by atoms with Gasteiger partial charge >= 0.3 is 0 Å². The summed E-state index contributed by atoms with van der Waals surface area (Å²) < 4.78 is 33.9. The summed E-state index contributed by atoms with van der Waals surface area (Å²) in [5, 5.41) is 2.85. The van der Waals surface area contributed by atoms with E-state index in [1.54, 1.807) is 24.3 Å². The molecule has 0 radical (unpaired) electrons. The van der Waals surface area contributed by atoms with Crippen molar-refractivity contribution in [1.82, 2.24) is 5.32 Å². The third-order valence-corrected chi connectivity index (χ3v) is 6.95. The zero-order valence-corrected chi connectivity index (χ0v) is 20.2. The predicted octanol–water partition coefficient (Wildman–Crippen LogP) is 4.39. The molecule has 1 atom stereocenters. The monoisotopic (exact) mass is 466 g/mol. The summed E-state index contributed by atoms with van der Waals surface area (Å²) in [5.41, 5.74) is 3.29. The second kappa shape index (κ2) is 10.5. The van der Waals surface area contributed by atoms with Crippen molar-refractivity contribution in [2.45, 2.75) is 38.6 Å². The molecule has 0 spiro atoms. The Labute approximate surface area is 196 Å². The zero-order chi connectivity index (χ0) is 24.0. The third-order valence-electron chi connectivity index (χ3n) is 5.18. The largest absolute Gasteiger partial charge is 0.491 e. The lowest BCUT2D eigenvalue weighted by Gasteiger charge is -2.26. The third kappa shape index (κ3) is 6.35. The van der Waals surface area contributed by atoms with Gasteiger partial charge in [0.1, 0.15) is 18.9 Å². The van der Waals surface area contributed by atoms with Gasteiger partial charge in [0.2, 0.25) is 5.91 Å². The maximum absolute atomic E-state index is 13.5. The maximum Gasteiger partial charge on any atom is 0.264 e. The molecule has 0 saturated carbocycles. The highest BCUT2D eigenvalue weighted by Crippen LogP contribution is 2.27. The Balaban J connectivity index is 1.77. The lowest BCUT2D eigenvalue weighted by molar-refractivity contribution is -0.120. The molecule has 7 heteroatoms. The van der Waals surface area contributed by atoms with Gasteiger partial charge in [0.25, 0.3) is 10.0 Å². The number of hydrogen-bond acceptors (Lipinski definition) is 4. The van der Waals surface area contributed by atoms with Crippen molar-refractivity contribution in [2.75, 3.05) is 17.5 Å². The molecule has 1 unspecified atom stereocenters. The van der Waals surface area contributed by atoms with E-state index < -0.39 is 15.9 Å². The fraction of sp³-hybridized carbons (Fsp3) is 0.269. The SMILES string of the molecule is Cc1ccc(OCC(C)NC(=O)CN(c2cc(C)ccc2C)S(=O)(=O)c2ccccc2)cc1. The van der Waals surface area contributed by atoms with Gasteiger partial charge in [0.05, 0.1) is 16.6 Å². The first kappa shape index (κ1) is 24.3. The van der Waals surface area contributed by atoms with Gasteiger partial charge in [-0.25, -0.2) is 8.42 Å². The summed E-state index contributed by atoms with van der Waals surface area (Å²) in [5.74, 6) is 0.306. The minimum Gasteiger partial charge on any atom is -0.491 e. The van der Waals surface area contributed by atoms with E-state index in [0.29, 0.717) is 11.4 Å². The van der Waals surface area contributed by atoms with Crippen molar-refractivity contribution in [3.05, 3.63) is 89.5 Å². The molecule has 0 aliphatic heterocycles. The lowest BCUT2D eigenvalue weighted by atomic mass is 10.1. The van der Waals surface area contributed by atoms with Crippen LogP contribution in [0.1, 0.15) is 23.6 Å². The summed E-state index contributed by atoms with van der Waals surface area (Å²) >= 11 is 0. The first-order valence-electron chi connectivity index (χ1n) is 10.8. The van der Waals surface area contributed by atoms with Crippen LogP contribution in [-0.4, -0.2) is 33.5 Å². The molecule has 0 aromatic heterocycles. The molecule has 0 aliphatic rings. The van der Waals surface area contributed by atoms with Gasteiger partial charge in [0, 0.05) is 0 Å². The minimum atomic E-state index is -3.94. The molecule has 0 bridgehead atoms. The highest BCUT2D eigenvalue weighted by molar-refractivity contribution is 7.92. The Morgan fingerprint density at radius 3 is 2.24 bits per heavy atom. The molecule has 0 aliphatic carbocycles. The smallest absolute Gasteiger partial charge is 0.264 e. The molecule has 174 valence electrons. The topological polar surface area (TPSA) is 75.7 Å². The van der Waals surface area contributed by atoms with E-state index >= 15 is 0 Å². The summed E-state index contributed by atoms with van der Waals surface area (Å²) in [6.45, 7) is 7.47. The number of carbonyl (C=O) groups excluding carboxylic acids is 1. The Bertz CT molecular complexity index is 1190. The predicted molar refractivity (Wildman–Crippen MR) is 131 cm³/mol. The van der Waals surface area contributed by atoms with E-state index in [2.05, 4.69) is 5.32 Å². The molecule has 3 aromatic carbocycles. The maximum atomic E-state index is 13.5. The van der Waals surface area contributed by atoms with E-state index in [1.165, 1.54) is 16.4 Å². The lowest BCUT2D eigenvalue weighted by Crippen LogP contribution is -2.45. The average Bonchev–Trinajstić information content (AvgIpc) is 2.79. The zero-order valence-electron chi connectivity index (χ0n) is 19.4. The van der Waals surface area contributed by atoms with Crippen LogP contribution < -0.4 is 14.4 Å². The molecular formula is C26H30N2O4S. The van der Waals surface area contributed by atoms with Crippen LogP contribution in [0.2, 0.25) is 0 Å². The average molecular weight is 467 g/mol. The number of sulfonamides is 1. The van der Waals surface area contributed by atoms with Gasteiger partial charge in [-0.15, -0.1) is 0 Å². The Morgan fingerprint density at radius 1 is 0.939 bits per heavy atom. The van der Waals surface area contributed by atoms with Crippen LogP contribution in [-0.2, 0) is 14.8 Å². The van der Waals surface area contributed by atoms with E-state index in [9.17, 15) is 13.2 Å². The number of benzene rings is 3. The van der Waals surface area contributed by atoms with Crippen LogP contribution in [0, 0.1) is 20.8 Å². The number of nitrogens with one attached hydrogen (secondary N) is 1. The van der Waals surface area contributed by atoms with Gasteiger partial charge in [-0.1, -0.05) is 48.0 Å². The second-order valence-electron chi connectivity index (χ2n) is 8.21. The number of hydrogen-bond donors (Lipinski definition) is 1. The first-order chi connectivity index (χ1) is 15.7.